The third-order valence-corrected chi connectivity index (χ3v) is 3.01. The quantitative estimate of drug-likeness (QED) is 0.870. The summed E-state index contributed by atoms with van der Waals surface area (Å²) < 4.78 is 2.07. The van der Waals surface area contributed by atoms with Crippen LogP contribution >= 0.6 is 0 Å². The van der Waals surface area contributed by atoms with E-state index in [-0.39, 0.29) is 5.54 Å². The van der Waals surface area contributed by atoms with Crippen molar-refractivity contribution in [2.45, 2.75) is 32.7 Å². The van der Waals surface area contributed by atoms with Crippen LogP contribution in [0.25, 0.3) is 5.69 Å². The molecule has 2 rings (SSSR count). The lowest BCUT2D eigenvalue weighted by molar-refractivity contribution is 0.541. The number of para-hydroxylation sites is 1. The van der Waals surface area contributed by atoms with Crippen molar-refractivity contribution in [2.24, 2.45) is 0 Å². The van der Waals surface area contributed by atoms with Crippen LogP contribution in [0.3, 0.4) is 0 Å². The van der Waals surface area contributed by atoms with Gasteiger partial charge in [-0.25, -0.2) is 4.98 Å². The van der Waals surface area contributed by atoms with Gasteiger partial charge in [0.2, 0.25) is 5.95 Å². The van der Waals surface area contributed by atoms with E-state index in [9.17, 15) is 0 Å². The molecule has 90 valence electrons. The van der Waals surface area contributed by atoms with E-state index in [4.69, 9.17) is 0 Å². The first-order valence-electron chi connectivity index (χ1n) is 5.99. The lowest BCUT2D eigenvalue weighted by Crippen LogP contribution is -2.31. The molecule has 17 heavy (non-hydrogen) atoms. The second kappa shape index (κ2) is 4.62. The number of hydrogen-bond acceptors (Lipinski definition) is 2. The number of rotatable bonds is 4. The molecule has 0 aliphatic rings. The van der Waals surface area contributed by atoms with Crippen LogP contribution in [0.2, 0.25) is 0 Å². The molecule has 0 aliphatic heterocycles. The molecule has 1 aromatic carbocycles. The minimum Gasteiger partial charge on any atom is -0.350 e. The smallest absolute Gasteiger partial charge is 0.207 e. The molecule has 0 aliphatic carbocycles. The van der Waals surface area contributed by atoms with E-state index in [0.29, 0.717) is 0 Å². The van der Waals surface area contributed by atoms with Gasteiger partial charge in [0.1, 0.15) is 0 Å². The average Bonchev–Trinajstić information content (AvgIpc) is 2.77. The SMILES string of the molecule is CCC(C)(C)Nc1nccn1-c1ccccc1. The van der Waals surface area contributed by atoms with Crippen molar-refractivity contribution in [3.63, 3.8) is 0 Å². The minimum atomic E-state index is 0.0535. The average molecular weight is 229 g/mol. The van der Waals surface area contributed by atoms with E-state index in [1.807, 2.05) is 30.6 Å². The van der Waals surface area contributed by atoms with Crippen molar-refractivity contribution < 1.29 is 0 Å². The Hall–Kier alpha value is -1.77. The highest BCUT2D eigenvalue weighted by atomic mass is 15.2. The Kier molecular flexibility index (Phi) is 3.18. The highest BCUT2D eigenvalue weighted by Gasteiger charge is 2.17. The van der Waals surface area contributed by atoms with E-state index in [2.05, 4.69) is 47.8 Å². The molecule has 0 fully saturated rings. The molecule has 0 amide bonds. The van der Waals surface area contributed by atoms with Crippen LogP contribution in [0.4, 0.5) is 5.95 Å². The summed E-state index contributed by atoms with van der Waals surface area (Å²) in [7, 11) is 0. The minimum absolute atomic E-state index is 0.0535. The summed E-state index contributed by atoms with van der Waals surface area (Å²) in [6, 6.07) is 10.2. The first-order valence-corrected chi connectivity index (χ1v) is 5.99. The summed E-state index contributed by atoms with van der Waals surface area (Å²) >= 11 is 0. The zero-order valence-corrected chi connectivity index (χ0v) is 10.6. The van der Waals surface area contributed by atoms with Gasteiger partial charge in [-0.05, 0) is 32.4 Å². The molecular formula is C14H19N3. The number of nitrogens with zero attached hydrogens (tertiary/aromatic N) is 2. The normalized spacial score (nSPS) is 11.5. The molecule has 0 unspecified atom stereocenters. The van der Waals surface area contributed by atoms with E-state index < -0.39 is 0 Å². The van der Waals surface area contributed by atoms with Crippen LogP contribution in [0.5, 0.6) is 0 Å². The topological polar surface area (TPSA) is 29.9 Å². The van der Waals surface area contributed by atoms with Crippen LogP contribution in [-0.4, -0.2) is 15.1 Å². The van der Waals surface area contributed by atoms with Gasteiger partial charge >= 0.3 is 0 Å². The maximum Gasteiger partial charge on any atom is 0.207 e. The van der Waals surface area contributed by atoms with Gasteiger partial charge in [0, 0.05) is 23.6 Å². The van der Waals surface area contributed by atoms with Crippen LogP contribution in [0.15, 0.2) is 42.7 Å². The summed E-state index contributed by atoms with van der Waals surface area (Å²) in [5.41, 5.74) is 1.18. The molecule has 0 saturated heterocycles. The highest BCUT2D eigenvalue weighted by Crippen LogP contribution is 2.19. The molecule has 0 radical (unpaired) electrons. The standard InChI is InChI=1S/C14H19N3/c1-4-14(2,3)16-13-15-10-11-17(13)12-8-6-5-7-9-12/h5-11H,4H2,1-3H3,(H,15,16). The second-order valence-electron chi connectivity index (χ2n) is 4.82. The van der Waals surface area contributed by atoms with E-state index in [0.717, 1.165) is 18.1 Å². The number of anilines is 1. The van der Waals surface area contributed by atoms with Crippen LogP contribution < -0.4 is 5.32 Å². The molecule has 3 nitrogen and oxygen atoms in total. The van der Waals surface area contributed by atoms with Gasteiger partial charge < -0.3 is 5.32 Å². The zero-order chi connectivity index (χ0) is 12.3. The third kappa shape index (κ3) is 2.67. The maximum absolute atomic E-state index is 4.38. The highest BCUT2D eigenvalue weighted by molar-refractivity contribution is 5.42. The Morgan fingerprint density at radius 2 is 1.94 bits per heavy atom. The van der Waals surface area contributed by atoms with Crippen LogP contribution in [0.1, 0.15) is 27.2 Å². The first-order chi connectivity index (χ1) is 8.12. The lowest BCUT2D eigenvalue weighted by Gasteiger charge is -2.25. The van der Waals surface area contributed by atoms with Gasteiger partial charge in [-0.3, -0.25) is 4.57 Å². The van der Waals surface area contributed by atoms with Gasteiger partial charge in [0.15, 0.2) is 0 Å². The van der Waals surface area contributed by atoms with Gasteiger partial charge in [-0.15, -0.1) is 0 Å². The number of hydrogen-bond donors (Lipinski definition) is 1. The first kappa shape index (κ1) is 11.7. The molecular weight excluding hydrogens is 210 g/mol. The molecule has 3 heteroatoms. The van der Waals surface area contributed by atoms with E-state index in [1.54, 1.807) is 0 Å². The summed E-state index contributed by atoms with van der Waals surface area (Å²) in [4.78, 5) is 4.38. The Morgan fingerprint density at radius 1 is 1.24 bits per heavy atom. The monoisotopic (exact) mass is 229 g/mol. The second-order valence-corrected chi connectivity index (χ2v) is 4.82. The fraction of sp³-hybridized carbons (Fsp3) is 0.357. The van der Waals surface area contributed by atoms with E-state index >= 15 is 0 Å². The van der Waals surface area contributed by atoms with Gasteiger partial charge in [0.25, 0.3) is 0 Å². The van der Waals surface area contributed by atoms with Crippen molar-refractivity contribution in [3.8, 4) is 5.69 Å². The molecule has 0 spiro atoms. The summed E-state index contributed by atoms with van der Waals surface area (Å²) in [6.45, 7) is 6.52. The number of imidazole rings is 1. The van der Waals surface area contributed by atoms with E-state index in [1.165, 1.54) is 0 Å². The molecule has 0 saturated carbocycles. The van der Waals surface area contributed by atoms with Crippen LogP contribution in [-0.2, 0) is 0 Å². The van der Waals surface area contributed by atoms with Crippen molar-refractivity contribution in [1.29, 1.82) is 0 Å². The van der Waals surface area contributed by atoms with Gasteiger partial charge in [0.05, 0.1) is 0 Å². The molecule has 0 atom stereocenters. The van der Waals surface area contributed by atoms with Crippen molar-refractivity contribution in [1.82, 2.24) is 9.55 Å². The Bertz CT molecular complexity index is 471. The largest absolute Gasteiger partial charge is 0.350 e. The van der Waals surface area contributed by atoms with Crippen LogP contribution in [0, 0.1) is 0 Å². The third-order valence-electron chi connectivity index (χ3n) is 3.01. The molecule has 2 aromatic rings. The molecule has 1 N–H and O–H groups in total. The zero-order valence-electron chi connectivity index (χ0n) is 10.6. The van der Waals surface area contributed by atoms with Gasteiger partial charge in [-0.2, -0.15) is 0 Å². The van der Waals surface area contributed by atoms with Crippen molar-refractivity contribution >= 4 is 5.95 Å². The number of benzene rings is 1. The fourth-order valence-corrected chi connectivity index (χ4v) is 1.58. The Labute approximate surface area is 103 Å². The van der Waals surface area contributed by atoms with Crippen molar-refractivity contribution in [3.05, 3.63) is 42.7 Å². The van der Waals surface area contributed by atoms with Gasteiger partial charge in [-0.1, -0.05) is 25.1 Å². The fourth-order valence-electron chi connectivity index (χ4n) is 1.58. The molecule has 1 heterocycles. The molecule has 1 aromatic heterocycles. The number of aromatic nitrogens is 2. The summed E-state index contributed by atoms with van der Waals surface area (Å²) in [5.74, 6) is 0.892. The predicted molar refractivity (Wildman–Crippen MR) is 71.6 cm³/mol. The lowest BCUT2D eigenvalue weighted by atomic mass is 10.0. The Morgan fingerprint density at radius 3 is 2.59 bits per heavy atom. The predicted octanol–water partition coefficient (Wildman–Crippen LogP) is 3.47. The summed E-state index contributed by atoms with van der Waals surface area (Å²) in [6.07, 6.45) is 4.85. The van der Waals surface area contributed by atoms with Crippen molar-refractivity contribution in [2.75, 3.05) is 5.32 Å². The Balaban J connectivity index is 2.30. The summed E-state index contributed by atoms with van der Waals surface area (Å²) in [5, 5.41) is 3.47. The molecule has 0 bridgehead atoms. The maximum atomic E-state index is 4.38. The number of nitrogens with one attached hydrogen (secondary N) is 1.